The lowest BCUT2D eigenvalue weighted by Crippen LogP contribution is -2.50. The highest BCUT2D eigenvalue weighted by Crippen LogP contribution is 2.17. The van der Waals surface area contributed by atoms with Crippen LogP contribution in [0.3, 0.4) is 0 Å². The SMILES string of the molecule is CCOC(=O)N1CCC(NC(=NC)NCCN2CCc3ccccc3C2)CC1. The summed E-state index contributed by atoms with van der Waals surface area (Å²) in [5.74, 6) is 0.840. The van der Waals surface area contributed by atoms with Crippen LogP contribution in [0.25, 0.3) is 0 Å². The summed E-state index contributed by atoms with van der Waals surface area (Å²) in [6.45, 7) is 7.70. The zero-order chi connectivity index (χ0) is 19.8. The second-order valence-corrected chi connectivity index (χ2v) is 7.40. The Hall–Kier alpha value is -2.28. The first-order valence-corrected chi connectivity index (χ1v) is 10.4. The van der Waals surface area contributed by atoms with Crippen LogP contribution < -0.4 is 10.6 Å². The molecule has 1 amide bonds. The number of hydrogen-bond donors (Lipinski definition) is 2. The van der Waals surface area contributed by atoms with E-state index < -0.39 is 0 Å². The molecule has 28 heavy (non-hydrogen) atoms. The first-order valence-electron chi connectivity index (χ1n) is 10.4. The number of nitrogens with one attached hydrogen (secondary N) is 2. The minimum absolute atomic E-state index is 0.202. The normalized spacial score (nSPS) is 18.5. The van der Waals surface area contributed by atoms with Crippen LogP contribution in [0.5, 0.6) is 0 Å². The highest BCUT2D eigenvalue weighted by molar-refractivity contribution is 5.80. The number of hydrogen-bond acceptors (Lipinski definition) is 4. The molecule has 154 valence electrons. The molecule has 0 unspecified atom stereocenters. The van der Waals surface area contributed by atoms with E-state index in [0.29, 0.717) is 12.6 Å². The minimum Gasteiger partial charge on any atom is -0.450 e. The minimum atomic E-state index is -0.202. The lowest BCUT2D eigenvalue weighted by molar-refractivity contribution is 0.0963. The van der Waals surface area contributed by atoms with E-state index in [1.54, 1.807) is 11.9 Å². The Morgan fingerprint density at radius 3 is 2.68 bits per heavy atom. The van der Waals surface area contributed by atoms with Gasteiger partial charge in [-0.05, 0) is 37.3 Å². The molecule has 7 nitrogen and oxygen atoms in total. The fourth-order valence-electron chi connectivity index (χ4n) is 3.89. The Labute approximate surface area is 168 Å². The standard InChI is InChI=1S/C21H33N5O2/c1-3-28-21(27)26-13-9-19(10-14-26)24-20(22-2)23-11-15-25-12-8-17-6-4-5-7-18(17)16-25/h4-7,19H,3,8-16H2,1-2H3,(H2,22,23,24). The third-order valence-corrected chi connectivity index (χ3v) is 5.52. The van der Waals surface area contributed by atoms with Gasteiger partial charge < -0.3 is 20.3 Å². The van der Waals surface area contributed by atoms with E-state index in [1.165, 1.54) is 11.1 Å². The van der Waals surface area contributed by atoms with Crippen LogP contribution in [0.4, 0.5) is 4.79 Å². The molecular weight excluding hydrogens is 354 g/mol. The molecule has 1 saturated heterocycles. The Balaban J connectivity index is 1.36. The molecule has 0 radical (unpaired) electrons. The molecule has 1 aromatic carbocycles. The number of guanidine groups is 1. The number of ether oxygens (including phenoxy) is 1. The van der Waals surface area contributed by atoms with Gasteiger partial charge in [-0.1, -0.05) is 24.3 Å². The number of fused-ring (bicyclic) bond motifs is 1. The van der Waals surface area contributed by atoms with Gasteiger partial charge >= 0.3 is 6.09 Å². The third-order valence-electron chi connectivity index (χ3n) is 5.52. The number of likely N-dealkylation sites (tertiary alicyclic amines) is 1. The number of carbonyl (C=O) groups is 1. The molecule has 2 aliphatic rings. The topological polar surface area (TPSA) is 69.2 Å². The van der Waals surface area contributed by atoms with E-state index in [4.69, 9.17) is 4.74 Å². The van der Waals surface area contributed by atoms with E-state index >= 15 is 0 Å². The van der Waals surface area contributed by atoms with Crippen LogP contribution in [-0.2, 0) is 17.7 Å². The van der Waals surface area contributed by atoms with E-state index in [2.05, 4.69) is 44.8 Å². The first kappa shape index (κ1) is 20.5. The molecule has 2 heterocycles. The van der Waals surface area contributed by atoms with Gasteiger partial charge in [0.15, 0.2) is 5.96 Å². The quantitative estimate of drug-likeness (QED) is 0.596. The maximum atomic E-state index is 11.8. The van der Waals surface area contributed by atoms with Crippen molar-refractivity contribution in [3.8, 4) is 0 Å². The molecule has 0 aromatic heterocycles. The number of piperidine rings is 1. The summed E-state index contributed by atoms with van der Waals surface area (Å²) in [4.78, 5) is 20.4. The van der Waals surface area contributed by atoms with Gasteiger partial charge in [0.1, 0.15) is 0 Å². The maximum Gasteiger partial charge on any atom is 0.409 e. The van der Waals surface area contributed by atoms with Gasteiger partial charge in [-0.2, -0.15) is 0 Å². The van der Waals surface area contributed by atoms with Crippen LogP contribution in [0.15, 0.2) is 29.3 Å². The molecule has 0 aliphatic carbocycles. The fraction of sp³-hybridized carbons (Fsp3) is 0.619. The second-order valence-electron chi connectivity index (χ2n) is 7.40. The monoisotopic (exact) mass is 387 g/mol. The molecule has 2 aliphatic heterocycles. The summed E-state index contributed by atoms with van der Waals surface area (Å²) in [6, 6.07) is 9.06. The second kappa shape index (κ2) is 10.3. The number of nitrogens with zero attached hydrogens (tertiary/aromatic N) is 3. The van der Waals surface area contributed by atoms with E-state index in [9.17, 15) is 4.79 Å². The number of rotatable bonds is 5. The summed E-state index contributed by atoms with van der Waals surface area (Å²) in [5.41, 5.74) is 2.93. The van der Waals surface area contributed by atoms with Gasteiger partial charge in [-0.15, -0.1) is 0 Å². The molecule has 3 rings (SSSR count). The summed E-state index contributed by atoms with van der Waals surface area (Å²) in [5, 5.41) is 6.93. The van der Waals surface area contributed by atoms with Crippen molar-refractivity contribution in [2.45, 2.75) is 38.8 Å². The van der Waals surface area contributed by atoms with Crippen LogP contribution in [-0.4, -0.2) is 74.3 Å². The van der Waals surface area contributed by atoms with Crippen molar-refractivity contribution >= 4 is 12.1 Å². The van der Waals surface area contributed by atoms with E-state index in [-0.39, 0.29) is 6.09 Å². The van der Waals surface area contributed by atoms with Crippen LogP contribution in [0.1, 0.15) is 30.9 Å². The van der Waals surface area contributed by atoms with Gasteiger partial charge in [0, 0.05) is 52.4 Å². The summed E-state index contributed by atoms with van der Waals surface area (Å²) in [6.07, 6.45) is 2.74. The van der Waals surface area contributed by atoms with E-state index in [1.807, 2.05) is 6.92 Å². The van der Waals surface area contributed by atoms with E-state index in [0.717, 1.165) is 64.5 Å². The van der Waals surface area contributed by atoms with Crippen molar-refractivity contribution < 1.29 is 9.53 Å². The lowest BCUT2D eigenvalue weighted by Gasteiger charge is -2.32. The fourth-order valence-corrected chi connectivity index (χ4v) is 3.89. The third kappa shape index (κ3) is 5.61. The first-order chi connectivity index (χ1) is 13.7. The van der Waals surface area contributed by atoms with Crippen molar-refractivity contribution in [2.24, 2.45) is 4.99 Å². The lowest BCUT2D eigenvalue weighted by atomic mass is 10.00. The Morgan fingerprint density at radius 2 is 1.96 bits per heavy atom. The van der Waals surface area contributed by atoms with Gasteiger partial charge in [0.25, 0.3) is 0 Å². The Morgan fingerprint density at radius 1 is 1.21 bits per heavy atom. The zero-order valence-corrected chi connectivity index (χ0v) is 17.1. The maximum absolute atomic E-state index is 11.8. The Bertz CT molecular complexity index is 671. The van der Waals surface area contributed by atoms with Crippen molar-refractivity contribution in [1.82, 2.24) is 20.4 Å². The average molecular weight is 388 g/mol. The van der Waals surface area contributed by atoms with Crippen LogP contribution in [0.2, 0.25) is 0 Å². The molecule has 0 atom stereocenters. The molecule has 1 aromatic rings. The number of carbonyl (C=O) groups excluding carboxylic acids is 1. The Kier molecular flexibility index (Phi) is 7.54. The van der Waals surface area contributed by atoms with Crippen molar-refractivity contribution in [3.63, 3.8) is 0 Å². The van der Waals surface area contributed by atoms with Crippen molar-refractivity contribution in [2.75, 3.05) is 46.4 Å². The molecular formula is C21H33N5O2. The molecule has 1 fully saturated rings. The van der Waals surface area contributed by atoms with Gasteiger partial charge in [0.2, 0.25) is 0 Å². The molecule has 0 saturated carbocycles. The van der Waals surface area contributed by atoms with Crippen molar-refractivity contribution in [3.05, 3.63) is 35.4 Å². The molecule has 0 bridgehead atoms. The highest BCUT2D eigenvalue weighted by atomic mass is 16.6. The van der Waals surface area contributed by atoms with Gasteiger partial charge in [0.05, 0.1) is 6.61 Å². The molecule has 2 N–H and O–H groups in total. The van der Waals surface area contributed by atoms with Gasteiger partial charge in [-0.25, -0.2) is 4.79 Å². The van der Waals surface area contributed by atoms with Crippen LogP contribution in [0, 0.1) is 0 Å². The van der Waals surface area contributed by atoms with Gasteiger partial charge in [-0.3, -0.25) is 9.89 Å². The molecule has 0 spiro atoms. The summed E-state index contributed by atoms with van der Waals surface area (Å²) < 4.78 is 5.08. The largest absolute Gasteiger partial charge is 0.450 e. The zero-order valence-electron chi connectivity index (χ0n) is 17.1. The summed E-state index contributed by atoms with van der Waals surface area (Å²) >= 11 is 0. The average Bonchev–Trinajstić information content (AvgIpc) is 2.73. The smallest absolute Gasteiger partial charge is 0.409 e. The number of benzene rings is 1. The highest BCUT2D eigenvalue weighted by Gasteiger charge is 2.24. The predicted octanol–water partition coefficient (Wildman–Crippen LogP) is 1.83. The van der Waals surface area contributed by atoms with Crippen molar-refractivity contribution in [1.29, 1.82) is 0 Å². The number of aliphatic imine (C=N–C) groups is 1. The predicted molar refractivity (Wildman–Crippen MR) is 112 cm³/mol. The van der Waals surface area contributed by atoms with Crippen LogP contribution >= 0.6 is 0 Å². The number of amides is 1. The summed E-state index contributed by atoms with van der Waals surface area (Å²) in [7, 11) is 1.81. The molecule has 7 heteroatoms.